The molecule has 0 aliphatic heterocycles. The first-order valence-corrected chi connectivity index (χ1v) is 7.07. The second kappa shape index (κ2) is 6.39. The van der Waals surface area contributed by atoms with Gasteiger partial charge in [-0.2, -0.15) is 4.98 Å². The molecule has 0 spiro atoms. The lowest BCUT2D eigenvalue weighted by Crippen LogP contribution is -2.28. The number of rotatable bonds is 5. The predicted octanol–water partition coefficient (Wildman–Crippen LogP) is 1.85. The zero-order valence-electron chi connectivity index (χ0n) is 12.7. The van der Waals surface area contributed by atoms with Gasteiger partial charge in [-0.1, -0.05) is 10.3 Å². The molecule has 0 aliphatic rings. The molecule has 1 atom stereocenters. The summed E-state index contributed by atoms with van der Waals surface area (Å²) in [5.41, 5.74) is 1.53. The average molecular weight is 313 g/mol. The van der Waals surface area contributed by atoms with E-state index in [4.69, 9.17) is 9.05 Å². The Morgan fingerprint density at radius 3 is 2.74 bits per heavy atom. The highest BCUT2D eigenvalue weighted by Gasteiger charge is 2.18. The molecule has 118 valence electrons. The normalized spacial score (nSPS) is 12.1. The lowest BCUT2D eigenvalue weighted by Gasteiger charge is -2.08. The van der Waals surface area contributed by atoms with Crippen LogP contribution in [0.4, 0.5) is 0 Å². The Morgan fingerprint density at radius 1 is 1.26 bits per heavy atom. The van der Waals surface area contributed by atoms with Crippen molar-refractivity contribution in [2.24, 2.45) is 0 Å². The van der Waals surface area contributed by atoms with Crippen molar-refractivity contribution in [3.05, 3.63) is 47.9 Å². The fraction of sp³-hybridized carbons (Fsp3) is 0.267. The third kappa shape index (κ3) is 3.60. The zero-order chi connectivity index (χ0) is 16.2. The Balaban J connectivity index is 1.63. The third-order valence-electron chi connectivity index (χ3n) is 3.14. The average Bonchev–Trinajstić information content (AvgIpc) is 3.17. The molecule has 0 aliphatic carbocycles. The van der Waals surface area contributed by atoms with Gasteiger partial charge in [-0.15, -0.1) is 0 Å². The van der Waals surface area contributed by atoms with Crippen molar-refractivity contribution in [2.45, 2.75) is 26.3 Å². The van der Waals surface area contributed by atoms with Crippen molar-refractivity contribution >= 4 is 5.91 Å². The molecule has 8 nitrogen and oxygen atoms in total. The molecule has 3 aromatic rings. The van der Waals surface area contributed by atoms with E-state index in [0.29, 0.717) is 17.5 Å². The third-order valence-corrected chi connectivity index (χ3v) is 3.14. The van der Waals surface area contributed by atoms with Crippen molar-refractivity contribution in [3.8, 4) is 11.4 Å². The molecule has 8 heteroatoms. The lowest BCUT2D eigenvalue weighted by atomic mass is 10.2. The first-order valence-electron chi connectivity index (χ1n) is 7.07. The largest absolute Gasteiger partial charge is 0.361 e. The van der Waals surface area contributed by atoms with E-state index in [-0.39, 0.29) is 12.3 Å². The number of carbonyl (C=O) groups is 1. The van der Waals surface area contributed by atoms with Crippen molar-refractivity contribution < 1.29 is 13.8 Å². The van der Waals surface area contributed by atoms with E-state index in [1.165, 1.54) is 0 Å². The standard InChI is InChI=1S/C15H15N5O3/c1-9-7-12(22-19-9)8-13(21)17-10(2)15-18-14(20-23-15)11-3-5-16-6-4-11/h3-7,10H,8H2,1-2H3,(H,17,21). The SMILES string of the molecule is Cc1cc(CC(=O)NC(C)c2nc(-c3ccncc3)no2)on1. The van der Waals surface area contributed by atoms with Gasteiger partial charge in [-0.3, -0.25) is 9.78 Å². The van der Waals surface area contributed by atoms with Gasteiger partial charge in [0.25, 0.3) is 0 Å². The minimum Gasteiger partial charge on any atom is -0.361 e. The maximum Gasteiger partial charge on any atom is 0.249 e. The van der Waals surface area contributed by atoms with E-state index in [1.807, 2.05) is 0 Å². The summed E-state index contributed by atoms with van der Waals surface area (Å²) in [6.07, 6.45) is 3.41. The quantitative estimate of drug-likeness (QED) is 0.765. The minimum absolute atomic E-state index is 0.108. The second-order valence-corrected chi connectivity index (χ2v) is 5.09. The van der Waals surface area contributed by atoms with Crippen molar-refractivity contribution in [1.29, 1.82) is 0 Å². The summed E-state index contributed by atoms with van der Waals surface area (Å²) in [5.74, 6) is 1.08. The highest BCUT2D eigenvalue weighted by Crippen LogP contribution is 2.17. The fourth-order valence-electron chi connectivity index (χ4n) is 2.04. The van der Waals surface area contributed by atoms with E-state index < -0.39 is 6.04 Å². The van der Waals surface area contributed by atoms with E-state index in [2.05, 4.69) is 25.6 Å². The van der Waals surface area contributed by atoms with Crippen LogP contribution in [0.3, 0.4) is 0 Å². The van der Waals surface area contributed by atoms with Gasteiger partial charge in [-0.25, -0.2) is 0 Å². The van der Waals surface area contributed by atoms with Crippen LogP contribution in [-0.4, -0.2) is 26.2 Å². The lowest BCUT2D eigenvalue weighted by molar-refractivity contribution is -0.121. The number of carbonyl (C=O) groups excluding carboxylic acids is 1. The Labute approximate surface area is 131 Å². The highest BCUT2D eigenvalue weighted by molar-refractivity contribution is 5.78. The summed E-state index contributed by atoms with van der Waals surface area (Å²) in [4.78, 5) is 20.2. The number of nitrogens with one attached hydrogen (secondary N) is 1. The van der Waals surface area contributed by atoms with Gasteiger partial charge < -0.3 is 14.4 Å². The Morgan fingerprint density at radius 2 is 2.04 bits per heavy atom. The molecule has 0 saturated heterocycles. The first-order chi connectivity index (χ1) is 11.1. The van der Waals surface area contributed by atoms with Crippen molar-refractivity contribution in [3.63, 3.8) is 0 Å². The van der Waals surface area contributed by atoms with Crippen LogP contribution in [0, 0.1) is 6.92 Å². The number of nitrogens with zero attached hydrogens (tertiary/aromatic N) is 4. The smallest absolute Gasteiger partial charge is 0.249 e. The molecule has 0 bridgehead atoms. The van der Waals surface area contributed by atoms with Crippen LogP contribution in [0.2, 0.25) is 0 Å². The van der Waals surface area contributed by atoms with E-state index in [9.17, 15) is 4.79 Å². The fourth-order valence-corrected chi connectivity index (χ4v) is 2.04. The molecule has 1 unspecified atom stereocenters. The van der Waals surface area contributed by atoms with Crippen LogP contribution < -0.4 is 5.32 Å². The number of hydrogen-bond acceptors (Lipinski definition) is 7. The molecule has 0 saturated carbocycles. The van der Waals surface area contributed by atoms with Gasteiger partial charge in [0.2, 0.25) is 17.6 Å². The first kappa shape index (κ1) is 14.9. The van der Waals surface area contributed by atoms with Crippen LogP contribution in [-0.2, 0) is 11.2 Å². The second-order valence-electron chi connectivity index (χ2n) is 5.09. The van der Waals surface area contributed by atoms with Crippen LogP contribution in [0.15, 0.2) is 39.6 Å². The molecular weight excluding hydrogens is 298 g/mol. The Hall–Kier alpha value is -3.03. The maximum absolute atomic E-state index is 12.0. The Kier molecular flexibility index (Phi) is 4.13. The highest BCUT2D eigenvalue weighted by atomic mass is 16.5. The topological polar surface area (TPSA) is 107 Å². The molecule has 0 fully saturated rings. The van der Waals surface area contributed by atoms with E-state index >= 15 is 0 Å². The van der Waals surface area contributed by atoms with Crippen molar-refractivity contribution in [2.75, 3.05) is 0 Å². The zero-order valence-corrected chi connectivity index (χ0v) is 12.7. The molecule has 1 amide bonds. The van der Waals surface area contributed by atoms with Crippen LogP contribution in [0.5, 0.6) is 0 Å². The van der Waals surface area contributed by atoms with Crippen LogP contribution in [0.25, 0.3) is 11.4 Å². The number of aryl methyl sites for hydroxylation is 1. The van der Waals surface area contributed by atoms with Gasteiger partial charge in [0.15, 0.2) is 0 Å². The maximum atomic E-state index is 12.0. The monoisotopic (exact) mass is 313 g/mol. The van der Waals surface area contributed by atoms with E-state index in [0.717, 1.165) is 11.3 Å². The van der Waals surface area contributed by atoms with Crippen LogP contribution in [0.1, 0.15) is 30.3 Å². The number of aromatic nitrogens is 4. The number of hydrogen-bond donors (Lipinski definition) is 1. The van der Waals surface area contributed by atoms with Gasteiger partial charge >= 0.3 is 0 Å². The van der Waals surface area contributed by atoms with Gasteiger partial charge in [-0.05, 0) is 26.0 Å². The molecule has 0 radical (unpaired) electrons. The summed E-state index contributed by atoms with van der Waals surface area (Å²) in [6, 6.07) is 4.88. The molecule has 3 heterocycles. The predicted molar refractivity (Wildman–Crippen MR) is 79.0 cm³/mol. The van der Waals surface area contributed by atoms with Crippen LogP contribution >= 0.6 is 0 Å². The molecular formula is C15H15N5O3. The molecule has 3 rings (SSSR count). The Bertz CT molecular complexity index is 796. The van der Waals surface area contributed by atoms with Gasteiger partial charge in [0, 0.05) is 24.0 Å². The van der Waals surface area contributed by atoms with Gasteiger partial charge in [0.1, 0.15) is 11.8 Å². The van der Waals surface area contributed by atoms with E-state index in [1.54, 1.807) is 44.4 Å². The summed E-state index contributed by atoms with van der Waals surface area (Å²) in [6.45, 7) is 3.57. The molecule has 3 aromatic heterocycles. The molecule has 0 aromatic carbocycles. The molecule has 23 heavy (non-hydrogen) atoms. The molecule has 1 N–H and O–H groups in total. The number of amides is 1. The summed E-state index contributed by atoms with van der Waals surface area (Å²) < 4.78 is 10.2. The van der Waals surface area contributed by atoms with Crippen molar-refractivity contribution in [1.82, 2.24) is 25.6 Å². The number of pyridine rings is 1. The summed E-state index contributed by atoms with van der Waals surface area (Å²) in [5, 5.41) is 10.4. The van der Waals surface area contributed by atoms with Gasteiger partial charge in [0.05, 0.1) is 12.1 Å². The summed E-state index contributed by atoms with van der Waals surface area (Å²) in [7, 11) is 0. The summed E-state index contributed by atoms with van der Waals surface area (Å²) >= 11 is 0. The minimum atomic E-state index is -0.408.